The number of nitrogens with one attached hydrogen (secondary N) is 1. The molecule has 0 aromatic carbocycles. The molecule has 0 aliphatic heterocycles. The van der Waals surface area contributed by atoms with Crippen molar-refractivity contribution in [3.63, 3.8) is 0 Å². The molecular formula is C13H23NO. The van der Waals surface area contributed by atoms with Gasteiger partial charge in [0.25, 0.3) is 0 Å². The summed E-state index contributed by atoms with van der Waals surface area (Å²) in [6, 6.07) is 4.43. The summed E-state index contributed by atoms with van der Waals surface area (Å²) in [5.74, 6) is 1.08. The van der Waals surface area contributed by atoms with Gasteiger partial charge in [-0.2, -0.15) is 0 Å². The molecule has 0 radical (unpaired) electrons. The van der Waals surface area contributed by atoms with Crippen molar-refractivity contribution >= 4 is 0 Å². The lowest BCUT2D eigenvalue weighted by Gasteiger charge is -2.15. The first-order valence-electron chi connectivity index (χ1n) is 6.15. The van der Waals surface area contributed by atoms with Gasteiger partial charge in [-0.3, -0.25) is 0 Å². The minimum atomic E-state index is 0.404. The van der Waals surface area contributed by atoms with Gasteiger partial charge in [-0.25, -0.2) is 0 Å². The maximum Gasteiger partial charge on any atom is 0.120 e. The molecule has 0 bridgehead atoms. The Balaban J connectivity index is 2.31. The molecule has 0 saturated carbocycles. The van der Waals surface area contributed by atoms with E-state index in [9.17, 15) is 0 Å². The van der Waals surface area contributed by atoms with Crippen molar-refractivity contribution in [2.24, 2.45) is 0 Å². The van der Waals surface area contributed by atoms with Crippen LogP contribution < -0.4 is 5.32 Å². The summed E-state index contributed by atoms with van der Waals surface area (Å²) in [6.45, 7) is 5.38. The van der Waals surface area contributed by atoms with Gasteiger partial charge in [0.15, 0.2) is 0 Å². The smallest absolute Gasteiger partial charge is 0.120 e. The molecule has 0 fully saturated rings. The summed E-state index contributed by atoms with van der Waals surface area (Å²) in [7, 11) is 0. The SMILES string of the molecule is CCCCCCC(NCC)c1ccco1. The maximum atomic E-state index is 5.44. The monoisotopic (exact) mass is 209 g/mol. The molecule has 1 aromatic heterocycles. The highest BCUT2D eigenvalue weighted by Crippen LogP contribution is 2.20. The van der Waals surface area contributed by atoms with Gasteiger partial charge in [0.1, 0.15) is 5.76 Å². The quantitative estimate of drug-likeness (QED) is 0.657. The van der Waals surface area contributed by atoms with E-state index in [4.69, 9.17) is 4.42 Å². The molecule has 1 aromatic rings. The number of rotatable bonds is 8. The van der Waals surface area contributed by atoms with E-state index in [1.807, 2.05) is 6.07 Å². The summed E-state index contributed by atoms with van der Waals surface area (Å²) in [5.41, 5.74) is 0. The first-order chi connectivity index (χ1) is 7.38. The highest BCUT2D eigenvalue weighted by molar-refractivity contribution is 5.04. The van der Waals surface area contributed by atoms with Crippen LogP contribution in [0.2, 0.25) is 0 Å². The summed E-state index contributed by atoms with van der Waals surface area (Å²) in [5, 5.41) is 3.47. The Hall–Kier alpha value is -0.760. The summed E-state index contributed by atoms with van der Waals surface area (Å²) in [4.78, 5) is 0. The minimum absolute atomic E-state index is 0.404. The second-order valence-electron chi connectivity index (χ2n) is 3.98. The van der Waals surface area contributed by atoms with Crippen molar-refractivity contribution in [3.05, 3.63) is 24.2 Å². The lowest BCUT2D eigenvalue weighted by molar-refractivity contribution is 0.390. The van der Waals surface area contributed by atoms with Crippen LogP contribution >= 0.6 is 0 Å². The van der Waals surface area contributed by atoms with Gasteiger partial charge in [-0.1, -0.05) is 39.5 Å². The summed E-state index contributed by atoms with van der Waals surface area (Å²) in [6.07, 6.45) is 8.20. The molecule has 0 saturated heterocycles. The molecule has 2 nitrogen and oxygen atoms in total. The van der Waals surface area contributed by atoms with Crippen molar-refractivity contribution in [3.8, 4) is 0 Å². The first kappa shape index (κ1) is 12.3. The van der Waals surface area contributed by atoms with Crippen LogP contribution in [0, 0.1) is 0 Å². The number of hydrogen-bond donors (Lipinski definition) is 1. The molecule has 1 N–H and O–H groups in total. The van der Waals surface area contributed by atoms with Gasteiger partial charge in [-0.15, -0.1) is 0 Å². The second-order valence-corrected chi connectivity index (χ2v) is 3.98. The molecule has 0 aliphatic rings. The zero-order chi connectivity index (χ0) is 10.9. The average Bonchev–Trinajstić information content (AvgIpc) is 2.76. The topological polar surface area (TPSA) is 25.2 Å². The van der Waals surface area contributed by atoms with Crippen LogP contribution in [-0.2, 0) is 0 Å². The largest absolute Gasteiger partial charge is 0.468 e. The molecule has 86 valence electrons. The zero-order valence-electron chi connectivity index (χ0n) is 9.96. The molecule has 1 atom stereocenters. The third kappa shape index (κ3) is 4.52. The number of hydrogen-bond acceptors (Lipinski definition) is 2. The Morgan fingerprint density at radius 1 is 1.27 bits per heavy atom. The average molecular weight is 209 g/mol. The van der Waals surface area contributed by atoms with E-state index >= 15 is 0 Å². The van der Waals surface area contributed by atoms with Crippen molar-refractivity contribution in [1.29, 1.82) is 0 Å². The summed E-state index contributed by atoms with van der Waals surface area (Å²) >= 11 is 0. The fourth-order valence-corrected chi connectivity index (χ4v) is 1.86. The van der Waals surface area contributed by atoms with Crippen LogP contribution in [0.5, 0.6) is 0 Å². The molecule has 2 heteroatoms. The van der Waals surface area contributed by atoms with E-state index in [1.165, 1.54) is 32.1 Å². The van der Waals surface area contributed by atoms with E-state index < -0.39 is 0 Å². The Morgan fingerprint density at radius 2 is 2.13 bits per heavy atom. The van der Waals surface area contributed by atoms with E-state index in [0.717, 1.165) is 12.3 Å². The van der Waals surface area contributed by atoms with Gasteiger partial charge in [0.2, 0.25) is 0 Å². The van der Waals surface area contributed by atoms with Gasteiger partial charge in [0.05, 0.1) is 12.3 Å². The fourth-order valence-electron chi connectivity index (χ4n) is 1.86. The molecule has 0 aliphatic carbocycles. The molecular weight excluding hydrogens is 186 g/mol. The maximum absolute atomic E-state index is 5.44. The van der Waals surface area contributed by atoms with Gasteiger partial charge in [0, 0.05) is 0 Å². The number of furan rings is 1. The summed E-state index contributed by atoms with van der Waals surface area (Å²) < 4.78 is 5.44. The van der Waals surface area contributed by atoms with Crippen molar-refractivity contribution in [2.75, 3.05) is 6.54 Å². The van der Waals surface area contributed by atoms with Gasteiger partial charge < -0.3 is 9.73 Å². The van der Waals surface area contributed by atoms with Crippen LogP contribution in [0.25, 0.3) is 0 Å². The van der Waals surface area contributed by atoms with Crippen LogP contribution in [0.3, 0.4) is 0 Å². The van der Waals surface area contributed by atoms with Crippen molar-refractivity contribution < 1.29 is 4.42 Å². The Morgan fingerprint density at radius 3 is 2.73 bits per heavy atom. The molecule has 1 rings (SSSR count). The normalized spacial score (nSPS) is 12.9. The van der Waals surface area contributed by atoms with Gasteiger partial charge >= 0.3 is 0 Å². The standard InChI is InChI=1S/C13H23NO/c1-3-5-6-7-9-12(14-4-2)13-10-8-11-15-13/h8,10-12,14H,3-7,9H2,1-2H3. The lowest BCUT2D eigenvalue weighted by Crippen LogP contribution is -2.20. The molecule has 0 amide bonds. The van der Waals surface area contributed by atoms with Gasteiger partial charge in [-0.05, 0) is 25.1 Å². The lowest BCUT2D eigenvalue weighted by atomic mass is 10.1. The first-order valence-corrected chi connectivity index (χ1v) is 6.15. The van der Waals surface area contributed by atoms with E-state index in [2.05, 4.69) is 25.2 Å². The molecule has 1 heterocycles. The van der Waals surface area contributed by atoms with Crippen LogP contribution in [0.15, 0.2) is 22.8 Å². The predicted molar refractivity (Wildman–Crippen MR) is 63.9 cm³/mol. The van der Waals surface area contributed by atoms with E-state index in [0.29, 0.717) is 6.04 Å². The third-order valence-electron chi connectivity index (χ3n) is 2.68. The Bertz CT molecular complexity index is 231. The predicted octanol–water partition coefficient (Wildman–Crippen LogP) is 3.90. The highest BCUT2D eigenvalue weighted by Gasteiger charge is 2.11. The van der Waals surface area contributed by atoms with Crippen LogP contribution in [0.4, 0.5) is 0 Å². The highest BCUT2D eigenvalue weighted by atomic mass is 16.3. The third-order valence-corrected chi connectivity index (χ3v) is 2.68. The van der Waals surface area contributed by atoms with Crippen LogP contribution in [-0.4, -0.2) is 6.54 Å². The number of unbranched alkanes of at least 4 members (excludes halogenated alkanes) is 3. The van der Waals surface area contributed by atoms with Crippen molar-refractivity contribution in [2.45, 2.75) is 52.0 Å². The zero-order valence-corrected chi connectivity index (χ0v) is 9.96. The fraction of sp³-hybridized carbons (Fsp3) is 0.692. The Labute approximate surface area is 93.1 Å². The minimum Gasteiger partial charge on any atom is -0.468 e. The molecule has 1 unspecified atom stereocenters. The Kier molecular flexibility index (Phi) is 6.17. The molecule has 15 heavy (non-hydrogen) atoms. The molecule has 0 spiro atoms. The van der Waals surface area contributed by atoms with Crippen molar-refractivity contribution in [1.82, 2.24) is 5.32 Å². The van der Waals surface area contributed by atoms with E-state index in [1.54, 1.807) is 6.26 Å². The van der Waals surface area contributed by atoms with E-state index in [-0.39, 0.29) is 0 Å². The van der Waals surface area contributed by atoms with Crippen LogP contribution in [0.1, 0.15) is 57.8 Å². The second kappa shape index (κ2) is 7.52.